The molecule has 2 N–H and O–H groups in total. The maximum atomic E-state index is 12.3. The van der Waals surface area contributed by atoms with Crippen molar-refractivity contribution in [2.45, 2.75) is 18.7 Å². The van der Waals surface area contributed by atoms with Crippen LogP contribution in [0.2, 0.25) is 0 Å². The van der Waals surface area contributed by atoms with Crippen LogP contribution in [0.5, 0.6) is 0 Å². The average Bonchev–Trinajstić information content (AvgIpc) is 3.06. The van der Waals surface area contributed by atoms with E-state index in [9.17, 15) is 18.0 Å². The van der Waals surface area contributed by atoms with E-state index in [0.29, 0.717) is 16.8 Å². The first-order chi connectivity index (χ1) is 12.2. The topological polar surface area (TPSA) is 136 Å². The number of sulfonamides is 1. The van der Waals surface area contributed by atoms with Gasteiger partial charge in [0.2, 0.25) is 15.9 Å². The molecule has 0 saturated heterocycles. The van der Waals surface area contributed by atoms with Crippen molar-refractivity contribution < 1.29 is 22.2 Å². The number of rotatable bonds is 5. The van der Waals surface area contributed by atoms with E-state index in [2.05, 4.69) is 15.2 Å². The van der Waals surface area contributed by atoms with Gasteiger partial charge in [-0.25, -0.2) is 17.9 Å². The summed E-state index contributed by atoms with van der Waals surface area (Å²) in [5.74, 6) is -0.953. The summed E-state index contributed by atoms with van der Waals surface area (Å²) in [6, 6.07) is 4.65. The Morgan fingerprint density at radius 3 is 2.69 bits per heavy atom. The van der Waals surface area contributed by atoms with E-state index >= 15 is 0 Å². The van der Waals surface area contributed by atoms with Gasteiger partial charge in [0.25, 0.3) is 0 Å². The van der Waals surface area contributed by atoms with Crippen LogP contribution < -0.4 is 15.8 Å². The molecule has 26 heavy (non-hydrogen) atoms. The van der Waals surface area contributed by atoms with E-state index in [1.807, 2.05) is 0 Å². The van der Waals surface area contributed by atoms with Crippen molar-refractivity contribution in [2.24, 2.45) is 7.05 Å². The summed E-state index contributed by atoms with van der Waals surface area (Å²) in [5, 5.41) is 6.14. The average molecular weight is 380 g/mol. The van der Waals surface area contributed by atoms with Gasteiger partial charge >= 0.3 is 5.76 Å². The first-order valence-corrected chi connectivity index (χ1v) is 8.99. The Morgan fingerprint density at radius 1 is 1.31 bits per heavy atom. The molecule has 3 rings (SSSR count). The van der Waals surface area contributed by atoms with Gasteiger partial charge in [-0.3, -0.25) is 9.36 Å². The van der Waals surface area contributed by atoms with Gasteiger partial charge in [-0.15, -0.1) is 0 Å². The van der Waals surface area contributed by atoms with E-state index in [1.165, 1.54) is 25.5 Å². The second-order valence-corrected chi connectivity index (χ2v) is 7.34. The lowest BCUT2D eigenvalue weighted by atomic mass is 10.3. The molecule has 1 aromatic carbocycles. The van der Waals surface area contributed by atoms with Crippen LogP contribution in [-0.4, -0.2) is 30.6 Å². The summed E-state index contributed by atoms with van der Waals surface area (Å²) < 4.78 is 37.9. The van der Waals surface area contributed by atoms with Gasteiger partial charge in [0.1, 0.15) is 10.6 Å². The molecule has 0 spiro atoms. The van der Waals surface area contributed by atoms with Crippen molar-refractivity contribution in [3.05, 3.63) is 40.2 Å². The van der Waals surface area contributed by atoms with E-state index < -0.39 is 28.2 Å². The van der Waals surface area contributed by atoms with Crippen molar-refractivity contribution in [3.63, 3.8) is 0 Å². The Bertz CT molecular complexity index is 1140. The highest BCUT2D eigenvalue weighted by Crippen LogP contribution is 2.19. The third-order valence-electron chi connectivity index (χ3n) is 3.73. The Labute approximate surface area is 147 Å². The summed E-state index contributed by atoms with van der Waals surface area (Å²) in [7, 11) is -2.39. The van der Waals surface area contributed by atoms with Crippen LogP contribution >= 0.6 is 0 Å². The number of fused-ring (bicyclic) bond motifs is 1. The summed E-state index contributed by atoms with van der Waals surface area (Å²) in [6.45, 7) is 2.49. The number of anilines is 1. The number of nitrogens with zero attached hydrogens (tertiary/aromatic N) is 2. The number of carbonyl (C=O) groups is 1. The fourth-order valence-corrected chi connectivity index (χ4v) is 3.81. The van der Waals surface area contributed by atoms with Crippen LogP contribution in [0.4, 0.5) is 5.69 Å². The highest BCUT2D eigenvalue weighted by atomic mass is 32.2. The number of carbonyl (C=O) groups excluding carboxylic acids is 1. The maximum absolute atomic E-state index is 12.3. The van der Waals surface area contributed by atoms with Gasteiger partial charge in [0.15, 0.2) is 11.3 Å². The van der Waals surface area contributed by atoms with E-state index in [1.54, 1.807) is 18.2 Å². The Balaban J connectivity index is 1.71. The summed E-state index contributed by atoms with van der Waals surface area (Å²) >= 11 is 0. The molecular weight excluding hydrogens is 364 g/mol. The molecule has 0 unspecified atom stereocenters. The summed E-state index contributed by atoms with van der Waals surface area (Å²) in [6.07, 6.45) is 0. The molecule has 0 aliphatic rings. The molecule has 3 aromatic rings. The fraction of sp³-hybridized carbons (Fsp3) is 0.267. The minimum absolute atomic E-state index is 0.0832. The lowest BCUT2D eigenvalue weighted by Gasteiger charge is -2.08. The number of amides is 1. The van der Waals surface area contributed by atoms with Gasteiger partial charge in [0.05, 0.1) is 12.1 Å². The fourth-order valence-electron chi connectivity index (χ4n) is 2.50. The standard InChI is InChI=1S/C15H16N4O6S/c1-8-14(9(2)25-18-8)26(22,23)16-7-13(20)17-10-4-5-12-11(6-10)19(3)15(21)24-12/h4-6,16H,7H2,1-3H3,(H,17,20). The highest BCUT2D eigenvalue weighted by Gasteiger charge is 2.24. The maximum Gasteiger partial charge on any atom is 0.419 e. The van der Waals surface area contributed by atoms with Crippen LogP contribution in [0.25, 0.3) is 11.1 Å². The third-order valence-corrected chi connectivity index (χ3v) is 5.38. The largest absolute Gasteiger partial charge is 0.419 e. The molecule has 11 heteroatoms. The minimum Gasteiger partial charge on any atom is -0.408 e. The van der Waals surface area contributed by atoms with Crippen molar-refractivity contribution in [2.75, 3.05) is 11.9 Å². The molecule has 0 radical (unpaired) electrons. The number of hydrogen-bond donors (Lipinski definition) is 2. The third kappa shape index (κ3) is 3.26. The highest BCUT2D eigenvalue weighted by molar-refractivity contribution is 7.89. The lowest BCUT2D eigenvalue weighted by molar-refractivity contribution is -0.115. The predicted molar refractivity (Wildman–Crippen MR) is 91.3 cm³/mol. The molecule has 138 valence electrons. The summed E-state index contributed by atoms with van der Waals surface area (Å²) in [4.78, 5) is 23.4. The van der Waals surface area contributed by atoms with Gasteiger partial charge in [-0.1, -0.05) is 5.16 Å². The number of aryl methyl sites for hydroxylation is 3. The zero-order chi connectivity index (χ0) is 19.1. The first-order valence-electron chi connectivity index (χ1n) is 7.51. The molecule has 10 nitrogen and oxygen atoms in total. The molecule has 0 atom stereocenters. The number of aromatic nitrogens is 2. The Hall–Kier alpha value is -2.92. The molecule has 0 aliphatic carbocycles. The number of hydrogen-bond acceptors (Lipinski definition) is 7. The summed E-state index contributed by atoms with van der Waals surface area (Å²) in [5.41, 5.74) is 1.50. The molecule has 2 heterocycles. The molecule has 2 aromatic heterocycles. The second-order valence-electron chi connectivity index (χ2n) is 5.64. The molecule has 1 amide bonds. The SMILES string of the molecule is Cc1noc(C)c1S(=O)(=O)NCC(=O)Nc1ccc2oc(=O)n(C)c2c1. The smallest absolute Gasteiger partial charge is 0.408 e. The van der Waals surface area contributed by atoms with Crippen LogP contribution in [0.3, 0.4) is 0 Å². The van der Waals surface area contributed by atoms with Crippen LogP contribution in [-0.2, 0) is 21.9 Å². The van der Waals surface area contributed by atoms with Crippen molar-refractivity contribution >= 4 is 32.7 Å². The normalized spacial score (nSPS) is 11.8. The zero-order valence-corrected chi connectivity index (χ0v) is 15.0. The number of benzene rings is 1. The van der Waals surface area contributed by atoms with Gasteiger partial charge in [-0.05, 0) is 32.0 Å². The molecule has 0 fully saturated rings. The van der Waals surface area contributed by atoms with E-state index in [0.717, 1.165) is 0 Å². The molecule has 0 bridgehead atoms. The molecule has 0 saturated carbocycles. The van der Waals surface area contributed by atoms with Crippen molar-refractivity contribution in [3.8, 4) is 0 Å². The molecule has 0 aliphatic heterocycles. The minimum atomic E-state index is -3.93. The van der Waals surface area contributed by atoms with E-state index in [-0.39, 0.29) is 16.3 Å². The van der Waals surface area contributed by atoms with Gasteiger partial charge in [0, 0.05) is 12.7 Å². The van der Waals surface area contributed by atoms with E-state index in [4.69, 9.17) is 8.94 Å². The monoisotopic (exact) mass is 380 g/mol. The quantitative estimate of drug-likeness (QED) is 0.663. The Kier molecular flexibility index (Phi) is 4.42. The lowest BCUT2D eigenvalue weighted by Crippen LogP contribution is -2.33. The number of oxazole rings is 1. The number of nitrogens with one attached hydrogen (secondary N) is 2. The van der Waals surface area contributed by atoms with Crippen LogP contribution in [0, 0.1) is 13.8 Å². The van der Waals surface area contributed by atoms with Crippen molar-refractivity contribution in [1.82, 2.24) is 14.4 Å². The van der Waals surface area contributed by atoms with Crippen LogP contribution in [0.1, 0.15) is 11.5 Å². The first kappa shape index (κ1) is 17.9. The van der Waals surface area contributed by atoms with Gasteiger partial charge < -0.3 is 14.3 Å². The van der Waals surface area contributed by atoms with Crippen LogP contribution in [0.15, 0.2) is 36.8 Å². The zero-order valence-electron chi connectivity index (χ0n) is 14.2. The molecular formula is C15H16N4O6S. The van der Waals surface area contributed by atoms with Gasteiger partial charge in [-0.2, -0.15) is 0 Å². The predicted octanol–water partition coefficient (Wildman–Crippen LogP) is 0.653. The second kappa shape index (κ2) is 6.42. The Morgan fingerprint density at radius 2 is 2.04 bits per heavy atom. The van der Waals surface area contributed by atoms with Crippen molar-refractivity contribution in [1.29, 1.82) is 0 Å².